The summed E-state index contributed by atoms with van der Waals surface area (Å²) in [5, 5.41) is 9.09. The highest BCUT2D eigenvalue weighted by molar-refractivity contribution is 5.03. The van der Waals surface area contributed by atoms with Crippen LogP contribution in [0.25, 0.3) is 0 Å². The molecule has 3 atom stereocenters. The number of hydrogen-bond donors (Lipinski definition) is 1. The quantitative estimate of drug-likeness (QED) is 0.654. The van der Waals surface area contributed by atoms with Gasteiger partial charge in [0.25, 0.3) is 0 Å². The van der Waals surface area contributed by atoms with Crippen molar-refractivity contribution in [2.45, 2.75) is 25.0 Å². The molecule has 3 heteroatoms. The topological polar surface area (TPSA) is 38.7 Å². The van der Waals surface area contributed by atoms with E-state index >= 15 is 0 Å². The molecule has 2 saturated carbocycles. The number of hydrogen-bond acceptors (Lipinski definition) is 3. The number of fused-ring (bicyclic) bond motifs is 1. The zero-order valence-corrected chi connectivity index (χ0v) is 7.74. The second kappa shape index (κ2) is 2.69. The predicted molar refractivity (Wildman–Crippen MR) is 46.0 cm³/mol. The van der Waals surface area contributed by atoms with Crippen molar-refractivity contribution in [2.24, 2.45) is 17.8 Å². The lowest BCUT2D eigenvalue weighted by Crippen LogP contribution is -2.33. The molecule has 0 aromatic rings. The van der Waals surface area contributed by atoms with Crippen molar-refractivity contribution in [3.63, 3.8) is 0 Å². The summed E-state index contributed by atoms with van der Waals surface area (Å²) >= 11 is 0. The first-order valence-corrected chi connectivity index (χ1v) is 5.23. The molecule has 1 heterocycles. The Labute approximate surface area is 78.0 Å². The fourth-order valence-corrected chi connectivity index (χ4v) is 3.13. The van der Waals surface area contributed by atoms with Gasteiger partial charge in [0.15, 0.2) is 5.79 Å². The Kier molecular flexibility index (Phi) is 1.70. The molecule has 1 saturated heterocycles. The predicted octanol–water partition coefficient (Wildman–Crippen LogP) is 0.768. The van der Waals surface area contributed by atoms with Crippen LogP contribution in [0.1, 0.15) is 19.3 Å². The summed E-state index contributed by atoms with van der Waals surface area (Å²) in [4.78, 5) is 0. The van der Waals surface area contributed by atoms with Crippen molar-refractivity contribution >= 4 is 0 Å². The summed E-state index contributed by atoms with van der Waals surface area (Å²) in [6.45, 7) is 1.85. The molecule has 0 bridgehead atoms. The van der Waals surface area contributed by atoms with E-state index in [0.717, 1.165) is 32.0 Å². The van der Waals surface area contributed by atoms with E-state index in [4.69, 9.17) is 14.6 Å². The molecule has 1 spiro atoms. The van der Waals surface area contributed by atoms with Crippen LogP contribution in [0.2, 0.25) is 0 Å². The second-order valence-corrected chi connectivity index (χ2v) is 4.52. The average Bonchev–Trinajstić information content (AvgIpc) is 2.65. The zero-order chi connectivity index (χ0) is 8.89. The SMILES string of the molecule is OCC1C2CCC3(CC12)OCCO3. The Balaban J connectivity index is 1.69. The molecule has 3 unspecified atom stereocenters. The van der Waals surface area contributed by atoms with Crippen LogP contribution in [0.4, 0.5) is 0 Å². The molecule has 0 aromatic heterocycles. The normalized spacial score (nSPS) is 46.4. The van der Waals surface area contributed by atoms with E-state index in [2.05, 4.69) is 0 Å². The lowest BCUT2D eigenvalue weighted by atomic mass is 9.94. The van der Waals surface area contributed by atoms with E-state index in [-0.39, 0.29) is 5.79 Å². The van der Waals surface area contributed by atoms with Crippen LogP contribution >= 0.6 is 0 Å². The number of aliphatic hydroxyl groups is 1. The fraction of sp³-hybridized carbons (Fsp3) is 1.00. The number of rotatable bonds is 1. The summed E-state index contributed by atoms with van der Waals surface area (Å²) in [6, 6.07) is 0. The zero-order valence-electron chi connectivity index (χ0n) is 7.74. The molecule has 74 valence electrons. The molecule has 3 aliphatic rings. The van der Waals surface area contributed by atoms with E-state index in [1.807, 2.05) is 0 Å². The fourth-order valence-electron chi connectivity index (χ4n) is 3.13. The van der Waals surface area contributed by atoms with Gasteiger partial charge in [-0.25, -0.2) is 0 Å². The largest absolute Gasteiger partial charge is 0.396 e. The van der Waals surface area contributed by atoms with Crippen LogP contribution in [0, 0.1) is 17.8 Å². The summed E-state index contributed by atoms with van der Waals surface area (Å²) in [5.74, 6) is 1.75. The Hall–Kier alpha value is -0.120. The van der Waals surface area contributed by atoms with Gasteiger partial charge in [-0.3, -0.25) is 0 Å². The third kappa shape index (κ3) is 1.14. The van der Waals surface area contributed by atoms with Gasteiger partial charge < -0.3 is 14.6 Å². The maximum absolute atomic E-state index is 9.09. The molecule has 1 N–H and O–H groups in total. The van der Waals surface area contributed by atoms with Gasteiger partial charge in [0.05, 0.1) is 13.2 Å². The minimum Gasteiger partial charge on any atom is -0.396 e. The van der Waals surface area contributed by atoms with Crippen LogP contribution in [0.3, 0.4) is 0 Å². The van der Waals surface area contributed by atoms with Crippen molar-refractivity contribution < 1.29 is 14.6 Å². The molecule has 13 heavy (non-hydrogen) atoms. The minimum atomic E-state index is -0.245. The van der Waals surface area contributed by atoms with Crippen molar-refractivity contribution in [3.8, 4) is 0 Å². The molecule has 1 aliphatic heterocycles. The average molecular weight is 184 g/mol. The Bertz CT molecular complexity index is 206. The first kappa shape index (κ1) is 8.21. The monoisotopic (exact) mass is 184 g/mol. The second-order valence-electron chi connectivity index (χ2n) is 4.52. The van der Waals surface area contributed by atoms with Gasteiger partial charge in [0.1, 0.15) is 0 Å². The van der Waals surface area contributed by atoms with Gasteiger partial charge in [-0.05, 0) is 24.2 Å². The molecular weight excluding hydrogens is 168 g/mol. The molecule has 0 radical (unpaired) electrons. The smallest absolute Gasteiger partial charge is 0.168 e. The molecule has 2 aliphatic carbocycles. The first-order valence-electron chi connectivity index (χ1n) is 5.23. The third-order valence-electron chi connectivity index (χ3n) is 3.94. The Morgan fingerprint density at radius 2 is 2.00 bits per heavy atom. The Morgan fingerprint density at radius 1 is 1.23 bits per heavy atom. The van der Waals surface area contributed by atoms with Gasteiger partial charge in [-0.15, -0.1) is 0 Å². The van der Waals surface area contributed by atoms with Crippen LogP contribution in [-0.4, -0.2) is 30.7 Å². The lowest BCUT2D eigenvalue weighted by molar-refractivity contribution is -0.179. The molecule has 3 rings (SSSR count). The Morgan fingerprint density at radius 3 is 2.69 bits per heavy atom. The summed E-state index contributed by atoms with van der Waals surface area (Å²) in [7, 11) is 0. The van der Waals surface area contributed by atoms with Crippen LogP contribution < -0.4 is 0 Å². The van der Waals surface area contributed by atoms with E-state index in [9.17, 15) is 0 Å². The van der Waals surface area contributed by atoms with Crippen molar-refractivity contribution in [2.75, 3.05) is 19.8 Å². The van der Waals surface area contributed by atoms with Gasteiger partial charge in [0.2, 0.25) is 0 Å². The van der Waals surface area contributed by atoms with E-state index in [1.54, 1.807) is 0 Å². The van der Waals surface area contributed by atoms with Crippen molar-refractivity contribution in [3.05, 3.63) is 0 Å². The van der Waals surface area contributed by atoms with Crippen molar-refractivity contribution in [1.82, 2.24) is 0 Å². The number of ether oxygens (including phenoxy) is 2. The number of aliphatic hydroxyl groups excluding tert-OH is 1. The van der Waals surface area contributed by atoms with Gasteiger partial charge in [0, 0.05) is 19.4 Å². The van der Waals surface area contributed by atoms with Gasteiger partial charge in [-0.2, -0.15) is 0 Å². The molecule has 0 aromatic carbocycles. The van der Waals surface area contributed by atoms with Crippen LogP contribution in [0.5, 0.6) is 0 Å². The van der Waals surface area contributed by atoms with E-state index in [0.29, 0.717) is 18.4 Å². The van der Waals surface area contributed by atoms with Gasteiger partial charge in [-0.1, -0.05) is 0 Å². The maximum atomic E-state index is 9.09. The van der Waals surface area contributed by atoms with Crippen LogP contribution in [-0.2, 0) is 9.47 Å². The lowest BCUT2D eigenvalue weighted by Gasteiger charge is -2.30. The molecule has 3 nitrogen and oxygen atoms in total. The highest BCUT2D eigenvalue weighted by atomic mass is 16.7. The highest BCUT2D eigenvalue weighted by Gasteiger charge is 2.58. The van der Waals surface area contributed by atoms with Crippen LogP contribution in [0.15, 0.2) is 0 Å². The maximum Gasteiger partial charge on any atom is 0.168 e. The van der Waals surface area contributed by atoms with E-state index in [1.165, 1.54) is 6.42 Å². The molecule has 0 amide bonds. The van der Waals surface area contributed by atoms with Gasteiger partial charge >= 0.3 is 0 Å². The highest BCUT2D eigenvalue weighted by Crippen LogP contribution is 2.59. The summed E-state index contributed by atoms with van der Waals surface area (Å²) in [6.07, 6.45) is 3.23. The van der Waals surface area contributed by atoms with Crippen molar-refractivity contribution in [1.29, 1.82) is 0 Å². The standard InChI is InChI=1S/C10H16O3/c11-6-9-7-1-2-10(5-8(7)9)12-3-4-13-10/h7-9,11H,1-6H2. The summed E-state index contributed by atoms with van der Waals surface area (Å²) < 4.78 is 11.3. The molecular formula is C10H16O3. The molecule has 3 fully saturated rings. The third-order valence-corrected chi connectivity index (χ3v) is 3.94. The van der Waals surface area contributed by atoms with E-state index < -0.39 is 0 Å². The minimum absolute atomic E-state index is 0.245. The first-order chi connectivity index (χ1) is 6.35. The summed E-state index contributed by atoms with van der Waals surface area (Å²) in [5.41, 5.74) is 0.